The van der Waals surface area contributed by atoms with Crippen LogP contribution in [0.25, 0.3) is 22.0 Å². The summed E-state index contributed by atoms with van der Waals surface area (Å²) in [6.45, 7) is 6.55. The zero-order valence-corrected chi connectivity index (χ0v) is 12.1. The second kappa shape index (κ2) is 3.92. The van der Waals surface area contributed by atoms with Crippen molar-refractivity contribution in [1.29, 1.82) is 0 Å². The molecule has 0 unspecified atom stereocenters. The smallest absolute Gasteiger partial charge is 0.0706 e. The Morgan fingerprint density at radius 2 is 1.75 bits per heavy atom. The van der Waals surface area contributed by atoms with Gasteiger partial charge in [-0.25, -0.2) is 0 Å². The van der Waals surface area contributed by atoms with E-state index in [0.29, 0.717) is 0 Å². The van der Waals surface area contributed by atoms with E-state index >= 15 is 0 Å². The lowest BCUT2D eigenvalue weighted by molar-refractivity contribution is 1.12. The molecule has 2 aromatic carbocycles. The first-order valence-corrected chi connectivity index (χ1v) is 7.13. The van der Waals surface area contributed by atoms with Gasteiger partial charge in [0.1, 0.15) is 0 Å². The zero-order valence-electron chi connectivity index (χ0n) is 12.1. The van der Waals surface area contributed by atoms with Gasteiger partial charge >= 0.3 is 0 Å². The lowest BCUT2D eigenvalue weighted by Gasteiger charge is -2.07. The monoisotopic (exact) mass is 259 g/mol. The average molecular weight is 259 g/mol. The third-order valence-corrected chi connectivity index (χ3v) is 4.55. The largest absolute Gasteiger partial charge is 0.252 e. The van der Waals surface area contributed by atoms with Gasteiger partial charge in [0.15, 0.2) is 0 Å². The molecule has 0 bridgehead atoms. The Balaban J connectivity index is 2.03. The van der Waals surface area contributed by atoms with Crippen LogP contribution in [-0.4, -0.2) is 4.98 Å². The third-order valence-electron chi connectivity index (χ3n) is 4.55. The third kappa shape index (κ3) is 1.53. The molecular weight excluding hydrogens is 242 g/mol. The molecule has 1 aliphatic carbocycles. The molecule has 0 amide bonds. The first-order valence-electron chi connectivity index (χ1n) is 7.13. The molecular formula is C19H17N. The van der Waals surface area contributed by atoms with Gasteiger partial charge in [0.05, 0.1) is 11.2 Å². The molecule has 0 atom stereocenters. The fourth-order valence-electron chi connectivity index (χ4n) is 3.23. The number of nitrogens with zero attached hydrogens (tertiary/aromatic N) is 1. The molecule has 0 N–H and O–H groups in total. The molecule has 1 aromatic heterocycles. The molecule has 1 nitrogen and oxygen atoms in total. The van der Waals surface area contributed by atoms with E-state index in [1.165, 1.54) is 44.5 Å². The van der Waals surface area contributed by atoms with Crippen molar-refractivity contribution in [2.45, 2.75) is 27.2 Å². The van der Waals surface area contributed by atoms with Gasteiger partial charge in [-0.2, -0.15) is 0 Å². The highest BCUT2D eigenvalue weighted by molar-refractivity contribution is 5.88. The molecule has 4 rings (SSSR count). The van der Waals surface area contributed by atoms with E-state index in [2.05, 4.69) is 57.2 Å². The summed E-state index contributed by atoms with van der Waals surface area (Å²) >= 11 is 0. The first-order chi connectivity index (χ1) is 9.63. The Hall–Kier alpha value is -2.15. The van der Waals surface area contributed by atoms with Crippen LogP contribution in [0.2, 0.25) is 0 Å². The maximum atomic E-state index is 4.88. The maximum Gasteiger partial charge on any atom is 0.0706 e. The summed E-state index contributed by atoms with van der Waals surface area (Å²) in [5.41, 5.74) is 10.6. The summed E-state index contributed by atoms with van der Waals surface area (Å²) in [4.78, 5) is 4.88. The number of hydrogen-bond donors (Lipinski definition) is 0. The molecule has 3 aromatic rings. The molecule has 1 heteroatoms. The number of rotatable bonds is 0. The molecule has 0 aliphatic heterocycles. The van der Waals surface area contributed by atoms with Gasteiger partial charge in [0, 0.05) is 17.4 Å². The molecule has 0 spiro atoms. The number of aromatic nitrogens is 1. The van der Waals surface area contributed by atoms with Gasteiger partial charge in [-0.15, -0.1) is 0 Å². The van der Waals surface area contributed by atoms with Crippen LogP contribution in [0.15, 0.2) is 36.4 Å². The molecule has 1 aliphatic rings. The van der Waals surface area contributed by atoms with Crippen molar-refractivity contribution < 1.29 is 0 Å². The Bertz CT molecular complexity index is 859. The van der Waals surface area contributed by atoms with E-state index in [0.717, 1.165) is 11.9 Å². The van der Waals surface area contributed by atoms with E-state index in [1.54, 1.807) is 0 Å². The number of aryl methyl sites for hydroxylation is 2. The van der Waals surface area contributed by atoms with Crippen molar-refractivity contribution in [2.75, 3.05) is 0 Å². The van der Waals surface area contributed by atoms with E-state index in [4.69, 9.17) is 4.98 Å². The van der Waals surface area contributed by atoms with Crippen molar-refractivity contribution in [3.05, 3.63) is 64.3 Å². The predicted octanol–water partition coefficient (Wildman–Crippen LogP) is 4.73. The fraction of sp³-hybridized carbons (Fsp3) is 0.211. The van der Waals surface area contributed by atoms with Gasteiger partial charge in [0.2, 0.25) is 0 Å². The quantitative estimate of drug-likeness (QED) is 0.445. The second-order valence-corrected chi connectivity index (χ2v) is 5.89. The van der Waals surface area contributed by atoms with Gasteiger partial charge in [-0.1, -0.05) is 23.8 Å². The molecule has 0 radical (unpaired) electrons. The van der Waals surface area contributed by atoms with Crippen LogP contribution in [0, 0.1) is 20.8 Å². The second-order valence-electron chi connectivity index (χ2n) is 5.89. The first kappa shape index (κ1) is 11.7. The highest BCUT2D eigenvalue weighted by Gasteiger charge is 2.22. The minimum atomic E-state index is 0.974. The van der Waals surface area contributed by atoms with Crippen LogP contribution in [0.1, 0.15) is 27.9 Å². The lowest BCUT2D eigenvalue weighted by Crippen LogP contribution is -1.91. The summed E-state index contributed by atoms with van der Waals surface area (Å²) in [6.07, 6.45) is 0.974. The van der Waals surface area contributed by atoms with Gasteiger partial charge in [0.25, 0.3) is 0 Å². The van der Waals surface area contributed by atoms with E-state index in [9.17, 15) is 0 Å². The van der Waals surface area contributed by atoms with Crippen molar-refractivity contribution >= 4 is 10.9 Å². The van der Waals surface area contributed by atoms with Crippen LogP contribution in [-0.2, 0) is 6.42 Å². The SMILES string of the molecule is Cc1ccc2nc3c(cc2c1)-c1ccc(C)c(C)c1C3. The Labute approximate surface area is 119 Å². The normalized spacial score (nSPS) is 12.6. The highest BCUT2D eigenvalue weighted by atomic mass is 14.7. The standard InChI is InChI=1S/C19H17N/c1-11-4-7-18-14(8-11)9-17-15-6-5-12(2)13(3)16(15)10-19(17)20-18/h4-9H,10H2,1-3H3. The number of fused-ring (bicyclic) bond motifs is 4. The van der Waals surface area contributed by atoms with E-state index in [1.807, 2.05) is 0 Å². The minimum absolute atomic E-state index is 0.974. The number of pyridine rings is 1. The molecule has 0 fully saturated rings. The minimum Gasteiger partial charge on any atom is -0.252 e. The predicted molar refractivity (Wildman–Crippen MR) is 84.2 cm³/mol. The summed E-state index contributed by atoms with van der Waals surface area (Å²) in [7, 11) is 0. The molecule has 0 saturated carbocycles. The Morgan fingerprint density at radius 1 is 0.900 bits per heavy atom. The average Bonchev–Trinajstić information content (AvgIpc) is 2.79. The van der Waals surface area contributed by atoms with Gasteiger partial charge < -0.3 is 0 Å². The lowest BCUT2D eigenvalue weighted by atomic mass is 9.98. The molecule has 1 heterocycles. The van der Waals surface area contributed by atoms with E-state index in [-0.39, 0.29) is 0 Å². The van der Waals surface area contributed by atoms with Crippen LogP contribution < -0.4 is 0 Å². The zero-order chi connectivity index (χ0) is 13.9. The van der Waals surface area contributed by atoms with Crippen LogP contribution in [0.4, 0.5) is 0 Å². The van der Waals surface area contributed by atoms with Crippen molar-refractivity contribution in [2.24, 2.45) is 0 Å². The van der Waals surface area contributed by atoms with Crippen molar-refractivity contribution in [3.8, 4) is 11.1 Å². The fourth-order valence-corrected chi connectivity index (χ4v) is 3.23. The summed E-state index contributed by atoms with van der Waals surface area (Å²) in [5, 5.41) is 1.25. The van der Waals surface area contributed by atoms with E-state index < -0.39 is 0 Å². The van der Waals surface area contributed by atoms with Crippen molar-refractivity contribution in [3.63, 3.8) is 0 Å². The number of hydrogen-bond acceptors (Lipinski definition) is 1. The molecule has 20 heavy (non-hydrogen) atoms. The Morgan fingerprint density at radius 3 is 2.60 bits per heavy atom. The summed E-state index contributed by atoms with van der Waals surface area (Å²) in [5.74, 6) is 0. The maximum absolute atomic E-state index is 4.88. The van der Waals surface area contributed by atoms with Crippen LogP contribution >= 0.6 is 0 Å². The Kier molecular flexibility index (Phi) is 2.29. The van der Waals surface area contributed by atoms with Crippen molar-refractivity contribution in [1.82, 2.24) is 4.98 Å². The van der Waals surface area contributed by atoms with Gasteiger partial charge in [-0.3, -0.25) is 4.98 Å². The number of benzene rings is 2. The molecule has 0 saturated heterocycles. The highest BCUT2D eigenvalue weighted by Crippen LogP contribution is 2.39. The van der Waals surface area contributed by atoms with Crippen LogP contribution in [0.3, 0.4) is 0 Å². The topological polar surface area (TPSA) is 12.9 Å². The summed E-state index contributed by atoms with van der Waals surface area (Å²) in [6, 6.07) is 13.3. The van der Waals surface area contributed by atoms with Crippen LogP contribution in [0.5, 0.6) is 0 Å². The van der Waals surface area contributed by atoms with Gasteiger partial charge in [-0.05, 0) is 61.2 Å². The summed E-state index contributed by atoms with van der Waals surface area (Å²) < 4.78 is 0. The molecule has 98 valence electrons.